The van der Waals surface area contributed by atoms with Crippen LogP contribution in [0.4, 0.5) is 0 Å². The number of amides is 1. The number of aliphatic imine (C=N–C) groups is 1. The molecule has 1 aromatic heterocycles. The van der Waals surface area contributed by atoms with Crippen molar-refractivity contribution in [2.75, 3.05) is 26.7 Å². The maximum atomic E-state index is 11.7. The van der Waals surface area contributed by atoms with E-state index in [0.29, 0.717) is 13.1 Å². The quantitative estimate of drug-likeness (QED) is 0.260. The molecule has 0 saturated carbocycles. The minimum absolute atomic E-state index is 0. The van der Waals surface area contributed by atoms with Gasteiger partial charge in [0, 0.05) is 43.4 Å². The molecule has 0 aliphatic rings. The normalized spacial score (nSPS) is 11.7. The summed E-state index contributed by atoms with van der Waals surface area (Å²) in [6.07, 6.45) is 0.876. The molecule has 138 valence electrons. The summed E-state index contributed by atoms with van der Waals surface area (Å²) in [7, 11) is 1.74. The van der Waals surface area contributed by atoms with E-state index in [1.54, 1.807) is 18.4 Å². The number of halogens is 1. The lowest BCUT2D eigenvalue weighted by Crippen LogP contribution is -2.43. The third kappa shape index (κ3) is 8.27. The van der Waals surface area contributed by atoms with E-state index in [-0.39, 0.29) is 35.3 Å². The first-order chi connectivity index (χ1) is 10.7. The number of guanidine groups is 1. The van der Waals surface area contributed by atoms with Gasteiger partial charge in [-0.05, 0) is 13.8 Å². The van der Waals surface area contributed by atoms with Crippen molar-refractivity contribution in [2.24, 2.45) is 10.4 Å². The zero-order chi connectivity index (χ0) is 17.5. The first kappa shape index (κ1) is 23.1. The van der Waals surface area contributed by atoms with E-state index in [0.717, 1.165) is 29.6 Å². The molecule has 0 bridgehead atoms. The molecule has 0 aromatic carbocycles. The Morgan fingerprint density at radius 2 is 1.71 bits per heavy atom. The molecule has 0 aliphatic carbocycles. The second kappa shape index (κ2) is 10.9. The molecule has 8 heteroatoms. The highest BCUT2D eigenvalue weighted by Crippen LogP contribution is 2.16. The lowest BCUT2D eigenvalue weighted by Gasteiger charge is -2.18. The molecule has 1 amide bonds. The SMILES string of the molecule is CN=C(NCCNC(=O)C(C)(C)C)NCCc1nc(C)c(C)s1.I. The van der Waals surface area contributed by atoms with Crippen molar-refractivity contribution in [1.29, 1.82) is 0 Å². The van der Waals surface area contributed by atoms with Crippen molar-refractivity contribution >= 4 is 47.2 Å². The van der Waals surface area contributed by atoms with Crippen molar-refractivity contribution in [2.45, 2.75) is 41.0 Å². The molecule has 1 heterocycles. The Hall–Kier alpha value is -0.900. The molecule has 1 rings (SSSR count). The molecule has 6 nitrogen and oxygen atoms in total. The lowest BCUT2D eigenvalue weighted by atomic mass is 9.96. The van der Waals surface area contributed by atoms with Crippen molar-refractivity contribution in [3.05, 3.63) is 15.6 Å². The summed E-state index contributed by atoms with van der Waals surface area (Å²) in [5.41, 5.74) is 0.756. The molecule has 0 aliphatic heterocycles. The zero-order valence-electron chi connectivity index (χ0n) is 15.4. The minimum Gasteiger partial charge on any atom is -0.356 e. The molecule has 0 saturated heterocycles. The number of hydrogen-bond acceptors (Lipinski definition) is 4. The highest BCUT2D eigenvalue weighted by atomic mass is 127. The lowest BCUT2D eigenvalue weighted by molar-refractivity contribution is -0.128. The third-order valence-corrected chi connectivity index (χ3v) is 4.44. The largest absolute Gasteiger partial charge is 0.356 e. The fourth-order valence-electron chi connectivity index (χ4n) is 1.78. The summed E-state index contributed by atoms with van der Waals surface area (Å²) < 4.78 is 0. The van der Waals surface area contributed by atoms with Gasteiger partial charge in [0.05, 0.1) is 10.7 Å². The summed E-state index contributed by atoms with van der Waals surface area (Å²) in [6.45, 7) is 11.8. The summed E-state index contributed by atoms with van der Waals surface area (Å²) in [5, 5.41) is 10.5. The molecule has 0 atom stereocenters. The highest BCUT2D eigenvalue weighted by Gasteiger charge is 2.20. The van der Waals surface area contributed by atoms with E-state index in [4.69, 9.17) is 0 Å². The van der Waals surface area contributed by atoms with Crippen LogP contribution in [0.5, 0.6) is 0 Å². The van der Waals surface area contributed by atoms with Crippen LogP contribution in [0.15, 0.2) is 4.99 Å². The Morgan fingerprint density at radius 3 is 2.21 bits per heavy atom. The van der Waals surface area contributed by atoms with E-state index in [2.05, 4.69) is 32.9 Å². The third-order valence-electron chi connectivity index (χ3n) is 3.31. The number of thiazole rings is 1. The first-order valence-electron chi connectivity index (χ1n) is 7.89. The van der Waals surface area contributed by atoms with Crippen LogP contribution in [0.25, 0.3) is 0 Å². The zero-order valence-corrected chi connectivity index (χ0v) is 18.6. The molecule has 0 fully saturated rings. The van der Waals surface area contributed by atoms with E-state index >= 15 is 0 Å². The molecule has 24 heavy (non-hydrogen) atoms. The molecular weight excluding hydrogens is 437 g/mol. The molecule has 0 spiro atoms. The second-order valence-electron chi connectivity index (χ2n) is 6.43. The number of carbonyl (C=O) groups is 1. The van der Waals surface area contributed by atoms with Gasteiger partial charge < -0.3 is 16.0 Å². The maximum absolute atomic E-state index is 11.7. The van der Waals surface area contributed by atoms with Gasteiger partial charge in [-0.15, -0.1) is 35.3 Å². The minimum atomic E-state index is -0.357. The van der Waals surface area contributed by atoms with Gasteiger partial charge in [-0.3, -0.25) is 9.79 Å². The van der Waals surface area contributed by atoms with Crippen LogP contribution in [0.3, 0.4) is 0 Å². The average molecular weight is 467 g/mol. The highest BCUT2D eigenvalue weighted by molar-refractivity contribution is 14.0. The number of aromatic nitrogens is 1. The van der Waals surface area contributed by atoms with Crippen LogP contribution in [0.1, 0.15) is 36.3 Å². The van der Waals surface area contributed by atoms with E-state index in [1.165, 1.54) is 4.88 Å². The van der Waals surface area contributed by atoms with Crippen molar-refractivity contribution < 1.29 is 4.79 Å². The van der Waals surface area contributed by atoms with Crippen LogP contribution in [0, 0.1) is 19.3 Å². The van der Waals surface area contributed by atoms with Gasteiger partial charge in [-0.1, -0.05) is 20.8 Å². The Labute approximate surface area is 166 Å². The number of hydrogen-bond donors (Lipinski definition) is 3. The van der Waals surface area contributed by atoms with Crippen LogP contribution < -0.4 is 16.0 Å². The van der Waals surface area contributed by atoms with Crippen molar-refractivity contribution in [1.82, 2.24) is 20.9 Å². The van der Waals surface area contributed by atoms with Gasteiger partial charge in [0.2, 0.25) is 5.91 Å². The summed E-state index contributed by atoms with van der Waals surface area (Å²) in [5.74, 6) is 0.789. The standard InChI is InChI=1S/C16H29N5OS.HI/c1-11-12(2)23-13(21-11)7-8-19-15(17-6)20-10-9-18-14(22)16(3,4)5;/h7-10H2,1-6H3,(H,18,22)(H2,17,19,20);1H. The average Bonchev–Trinajstić information content (AvgIpc) is 2.78. The molecule has 3 N–H and O–H groups in total. The summed E-state index contributed by atoms with van der Waals surface area (Å²) in [6, 6.07) is 0. The van der Waals surface area contributed by atoms with E-state index in [1.807, 2.05) is 27.7 Å². The number of nitrogens with one attached hydrogen (secondary N) is 3. The van der Waals surface area contributed by atoms with Crippen LogP contribution in [-0.4, -0.2) is 43.5 Å². The number of carbonyl (C=O) groups excluding carboxylic acids is 1. The number of nitrogens with zero attached hydrogens (tertiary/aromatic N) is 2. The molecular formula is C16H30IN5OS. The monoisotopic (exact) mass is 467 g/mol. The summed E-state index contributed by atoms with van der Waals surface area (Å²) in [4.78, 5) is 21.7. The van der Waals surface area contributed by atoms with Crippen LogP contribution in [0.2, 0.25) is 0 Å². The van der Waals surface area contributed by atoms with Gasteiger partial charge in [-0.2, -0.15) is 0 Å². The van der Waals surface area contributed by atoms with Crippen LogP contribution >= 0.6 is 35.3 Å². The Bertz CT molecular complexity index is 532. The van der Waals surface area contributed by atoms with Gasteiger partial charge in [-0.25, -0.2) is 4.98 Å². The predicted molar refractivity (Wildman–Crippen MR) is 113 cm³/mol. The van der Waals surface area contributed by atoms with E-state index < -0.39 is 0 Å². The second-order valence-corrected chi connectivity index (χ2v) is 7.72. The number of aryl methyl sites for hydroxylation is 2. The van der Waals surface area contributed by atoms with E-state index in [9.17, 15) is 4.79 Å². The molecule has 1 aromatic rings. The maximum Gasteiger partial charge on any atom is 0.225 e. The Morgan fingerprint density at radius 1 is 1.12 bits per heavy atom. The Balaban J connectivity index is 0.00000529. The Kier molecular flexibility index (Phi) is 10.5. The van der Waals surface area contributed by atoms with Crippen molar-refractivity contribution in [3.8, 4) is 0 Å². The fourth-order valence-corrected chi connectivity index (χ4v) is 2.71. The summed E-state index contributed by atoms with van der Waals surface area (Å²) >= 11 is 1.74. The molecule has 0 unspecified atom stereocenters. The van der Waals surface area contributed by atoms with Crippen LogP contribution in [-0.2, 0) is 11.2 Å². The van der Waals surface area contributed by atoms with Gasteiger partial charge >= 0.3 is 0 Å². The smallest absolute Gasteiger partial charge is 0.225 e. The van der Waals surface area contributed by atoms with Gasteiger partial charge in [0.25, 0.3) is 0 Å². The van der Waals surface area contributed by atoms with Gasteiger partial charge in [0.15, 0.2) is 5.96 Å². The van der Waals surface area contributed by atoms with Gasteiger partial charge in [0.1, 0.15) is 0 Å². The number of rotatable bonds is 6. The van der Waals surface area contributed by atoms with Crippen molar-refractivity contribution in [3.63, 3.8) is 0 Å². The topological polar surface area (TPSA) is 78.4 Å². The molecule has 0 radical (unpaired) electrons. The first-order valence-corrected chi connectivity index (χ1v) is 8.71. The predicted octanol–water partition coefficient (Wildman–Crippen LogP) is 2.25. The fraction of sp³-hybridized carbons (Fsp3) is 0.688.